The van der Waals surface area contributed by atoms with E-state index < -0.39 is 0 Å². The highest BCUT2D eigenvalue weighted by Crippen LogP contribution is 2.41. The van der Waals surface area contributed by atoms with Crippen LogP contribution in [0, 0.1) is 0 Å². The van der Waals surface area contributed by atoms with Gasteiger partial charge in [-0.05, 0) is 32.1 Å². The fourth-order valence-corrected chi connectivity index (χ4v) is 2.63. The molecule has 5 heteroatoms. The number of nitrogens with one attached hydrogen (secondary N) is 1. The molecule has 2 aromatic rings. The number of nitrogens with zero attached hydrogens (tertiary/aromatic N) is 4. The van der Waals surface area contributed by atoms with Crippen LogP contribution in [0.25, 0.3) is 11.5 Å². The van der Waals surface area contributed by atoms with E-state index in [1.54, 1.807) is 0 Å². The molecule has 2 heterocycles. The molecular weight excluding hydrogens is 262 g/mol. The van der Waals surface area contributed by atoms with Gasteiger partial charge in [0.15, 0.2) is 5.82 Å². The first-order chi connectivity index (χ1) is 10.3. The minimum Gasteiger partial charge on any atom is -0.370 e. The molecule has 0 aliphatic heterocycles. The van der Waals surface area contributed by atoms with Gasteiger partial charge in [0.2, 0.25) is 0 Å². The first-order valence-electron chi connectivity index (χ1n) is 8.00. The van der Waals surface area contributed by atoms with Gasteiger partial charge in [-0.1, -0.05) is 6.92 Å². The molecule has 0 aromatic carbocycles. The zero-order chi connectivity index (χ0) is 14.2. The number of anilines is 1. The van der Waals surface area contributed by atoms with Gasteiger partial charge < -0.3 is 9.88 Å². The molecule has 2 aromatic heterocycles. The van der Waals surface area contributed by atoms with E-state index in [0.29, 0.717) is 12.0 Å². The molecule has 0 spiro atoms. The van der Waals surface area contributed by atoms with E-state index in [0.717, 1.165) is 30.3 Å². The van der Waals surface area contributed by atoms with Gasteiger partial charge in [-0.3, -0.25) is 0 Å². The molecule has 110 valence electrons. The maximum absolute atomic E-state index is 4.80. The highest BCUT2D eigenvalue weighted by molar-refractivity contribution is 5.54. The van der Waals surface area contributed by atoms with Gasteiger partial charge >= 0.3 is 0 Å². The Labute approximate surface area is 124 Å². The van der Waals surface area contributed by atoms with Gasteiger partial charge in [0.25, 0.3) is 0 Å². The Morgan fingerprint density at radius 3 is 2.81 bits per heavy atom. The summed E-state index contributed by atoms with van der Waals surface area (Å²) in [4.78, 5) is 13.8. The Morgan fingerprint density at radius 2 is 2.10 bits per heavy atom. The number of aromatic nitrogens is 4. The average molecular weight is 283 g/mol. The highest BCUT2D eigenvalue weighted by Gasteiger charge is 2.29. The van der Waals surface area contributed by atoms with Gasteiger partial charge in [-0.15, -0.1) is 0 Å². The molecule has 0 saturated heterocycles. The molecule has 2 saturated carbocycles. The van der Waals surface area contributed by atoms with Crippen molar-refractivity contribution in [1.29, 1.82) is 0 Å². The third kappa shape index (κ3) is 2.64. The van der Waals surface area contributed by atoms with Gasteiger partial charge in [0.05, 0.1) is 12.5 Å². The predicted molar refractivity (Wildman–Crippen MR) is 82.3 cm³/mol. The summed E-state index contributed by atoms with van der Waals surface area (Å²) in [5, 5.41) is 3.40. The standard InChI is InChI=1S/C16H21N5/c1-2-7-18-15-8-13(11-3-4-11)19-16(20-15)14-9-17-10-21(14)12-5-6-12/h8-12H,2-7H2,1H3,(H,18,19,20). The number of hydrogen-bond acceptors (Lipinski definition) is 4. The van der Waals surface area contributed by atoms with Crippen LogP contribution in [0.3, 0.4) is 0 Å². The van der Waals surface area contributed by atoms with Crippen LogP contribution in [0.15, 0.2) is 18.6 Å². The minimum absolute atomic E-state index is 0.600. The minimum atomic E-state index is 0.600. The Balaban J connectivity index is 1.72. The molecule has 2 aliphatic rings. The Morgan fingerprint density at radius 1 is 1.24 bits per heavy atom. The smallest absolute Gasteiger partial charge is 0.180 e. The zero-order valence-electron chi connectivity index (χ0n) is 12.4. The molecule has 0 amide bonds. The fourth-order valence-electron chi connectivity index (χ4n) is 2.63. The summed E-state index contributed by atoms with van der Waals surface area (Å²) >= 11 is 0. The van der Waals surface area contributed by atoms with E-state index in [1.807, 2.05) is 12.5 Å². The first-order valence-corrected chi connectivity index (χ1v) is 8.00. The average Bonchev–Trinajstić information content (AvgIpc) is 3.43. The molecule has 2 aliphatic carbocycles. The third-order valence-corrected chi connectivity index (χ3v) is 4.13. The van der Waals surface area contributed by atoms with E-state index in [9.17, 15) is 0 Å². The maximum atomic E-state index is 4.80. The SMILES string of the molecule is CCCNc1cc(C2CC2)nc(-c2cncn2C2CC2)n1. The first kappa shape index (κ1) is 12.8. The van der Waals surface area contributed by atoms with Crippen LogP contribution in [-0.4, -0.2) is 26.1 Å². The van der Waals surface area contributed by atoms with Crippen molar-refractivity contribution < 1.29 is 0 Å². The molecule has 0 radical (unpaired) electrons. The van der Waals surface area contributed by atoms with Crippen molar-refractivity contribution >= 4 is 5.82 Å². The Hall–Kier alpha value is -1.91. The second kappa shape index (κ2) is 5.13. The summed E-state index contributed by atoms with van der Waals surface area (Å²) < 4.78 is 2.23. The molecule has 4 rings (SSSR count). The zero-order valence-corrected chi connectivity index (χ0v) is 12.4. The lowest BCUT2D eigenvalue weighted by atomic mass is 10.2. The molecule has 1 N–H and O–H groups in total. The topological polar surface area (TPSA) is 55.6 Å². The highest BCUT2D eigenvalue weighted by atomic mass is 15.1. The molecule has 2 fully saturated rings. The summed E-state index contributed by atoms with van der Waals surface area (Å²) in [6.07, 6.45) is 9.90. The Bertz CT molecular complexity index is 640. The quantitative estimate of drug-likeness (QED) is 0.883. The van der Waals surface area contributed by atoms with Crippen molar-refractivity contribution in [3.05, 3.63) is 24.3 Å². The van der Waals surface area contributed by atoms with E-state index in [1.165, 1.54) is 31.4 Å². The summed E-state index contributed by atoms with van der Waals surface area (Å²) in [7, 11) is 0. The summed E-state index contributed by atoms with van der Waals surface area (Å²) in [5.74, 6) is 2.40. The number of hydrogen-bond donors (Lipinski definition) is 1. The third-order valence-electron chi connectivity index (χ3n) is 4.13. The van der Waals surface area contributed by atoms with Crippen LogP contribution in [0.2, 0.25) is 0 Å². The van der Waals surface area contributed by atoms with Crippen molar-refractivity contribution in [2.45, 2.75) is 51.0 Å². The second-order valence-electron chi connectivity index (χ2n) is 6.12. The van der Waals surface area contributed by atoms with Crippen LogP contribution in [-0.2, 0) is 0 Å². The van der Waals surface area contributed by atoms with Gasteiger partial charge in [0, 0.05) is 30.3 Å². The molecule has 0 atom stereocenters. The summed E-state index contributed by atoms with van der Waals surface area (Å²) in [6.45, 7) is 3.11. The van der Waals surface area contributed by atoms with Crippen molar-refractivity contribution in [3.8, 4) is 11.5 Å². The van der Waals surface area contributed by atoms with Crippen molar-refractivity contribution in [2.24, 2.45) is 0 Å². The monoisotopic (exact) mass is 283 g/mol. The normalized spacial score (nSPS) is 18.0. The molecule has 0 unspecified atom stereocenters. The van der Waals surface area contributed by atoms with Crippen LogP contribution in [0.1, 0.15) is 56.7 Å². The van der Waals surface area contributed by atoms with Crippen LogP contribution >= 0.6 is 0 Å². The summed E-state index contributed by atoms with van der Waals surface area (Å²) in [6, 6.07) is 2.72. The summed E-state index contributed by atoms with van der Waals surface area (Å²) in [5.41, 5.74) is 2.24. The van der Waals surface area contributed by atoms with E-state index in [2.05, 4.69) is 27.9 Å². The van der Waals surface area contributed by atoms with E-state index >= 15 is 0 Å². The van der Waals surface area contributed by atoms with E-state index in [-0.39, 0.29) is 0 Å². The van der Waals surface area contributed by atoms with Crippen LogP contribution in [0.5, 0.6) is 0 Å². The van der Waals surface area contributed by atoms with Crippen molar-refractivity contribution in [1.82, 2.24) is 19.5 Å². The number of rotatable bonds is 6. The molecular formula is C16H21N5. The maximum Gasteiger partial charge on any atom is 0.180 e. The van der Waals surface area contributed by atoms with Crippen molar-refractivity contribution in [3.63, 3.8) is 0 Å². The van der Waals surface area contributed by atoms with Crippen LogP contribution < -0.4 is 5.32 Å². The Kier molecular flexibility index (Phi) is 3.13. The lowest BCUT2D eigenvalue weighted by Gasteiger charge is -2.10. The lowest BCUT2D eigenvalue weighted by molar-refractivity contribution is 0.742. The van der Waals surface area contributed by atoms with E-state index in [4.69, 9.17) is 9.97 Å². The molecule has 21 heavy (non-hydrogen) atoms. The van der Waals surface area contributed by atoms with Crippen molar-refractivity contribution in [2.75, 3.05) is 11.9 Å². The van der Waals surface area contributed by atoms with Crippen LogP contribution in [0.4, 0.5) is 5.82 Å². The fraction of sp³-hybridized carbons (Fsp3) is 0.562. The largest absolute Gasteiger partial charge is 0.370 e. The molecule has 5 nitrogen and oxygen atoms in total. The second-order valence-corrected chi connectivity index (χ2v) is 6.12. The van der Waals surface area contributed by atoms with Gasteiger partial charge in [-0.25, -0.2) is 15.0 Å². The predicted octanol–water partition coefficient (Wildman–Crippen LogP) is 3.37. The molecule has 0 bridgehead atoms. The lowest BCUT2D eigenvalue weighted by Crippen LogP contribution is -2.07. The number of imidazole rings is 1. The van der Waals surface area contributed by atoms with Gasteiger partial charge in [0.1, 0.15) is 11.5 Å². The van der Waals surface area contributed by atoms with Gasteiger partial charge in [-0.2, -0.15) is 0 Å².